The van der Waals surface area contributed by atoms with Crippen molar-refractivity contribution in [3.8, 4) is 17.3 Å². The monoisotopic (exact) mass is 409 g/mol. The van der Waals surface area contributed by atoms with Gasteiger partial charge in [0.1, 0.15) is 5.75 Å². The lowest BCUT2D eigenvalue weighted by molar-refractivity contribution is 0.0934. The van der Waals surface area contributed by atoms with Crippen molar-refractivity contribution in [2.24, 2.45) is 0 Å². The number of ether oxygens (including phenoxy) is 2. The summed E-state index contributed by atoms with van der Waals surface area (Å²) in [6.45, 7) is 8.29. The maximum absolute atomic E-state index is 9.95. The lowest BCUT2D eigenvalue weighted by Crippen LogP contribution is -2.33. The van der Waals surface area contributed by atoms with Gasteiger partial charge >= 0.3 is 0 Å². The fourth-order valence-electron chi connectivity index (χ4n) is 3.34. The molecule has 0 aliphatic rings. The van der Waals surface area contributed by atoms with Crippen LogP contribution in [0.25, 0.3) is 5.69 Å². The highest BCUT2D eigenvalue weighted by Gasteiger charge is 2.22. The number of para-hydroxylation sites is 1. The van der Waals surface area contributed by atoms with Crippen LogP contribution in [0.5, 0.6) is 11.6 Å². The van der Waals surface area contributed by atoms with Crippen LogP contribution in [-0.4, -0.2) is 52.7 Å². The molecule has 6 heteroatoms. The van der Waals surface area contributed by atoms with Crippen LogP contribution in [-0.2, 0) is 11.3 Å². The molecule has 1 atom stereocenters. The first-order valence-electron chi connectivity index (χ1n) is 10.3. The van der Waals surface area contributed by atoms with Gasteiger partial charge in [-0.05, 0) is 45.0 Å². The average molecular weight is 410 g/mol. The summed E-state index contributed by atoms with van der Waals surface area (Å²) in [5, 5.41) is 14.7. The van der Waals surface area contributed by atoms with Gasteiger partial charge in [0, 0.05) is 26.7 Å². The first-order valence-corrected chi connectivity index (χ1v) is 10.3. The van der Waals surface area contributed by atoms with Crippen molar-refractivity contribution in [2.45, 2.75) is 33.4 Å². The third-order valence-electron chi connectivity index (χ3n) is 4.89. The van der Waals surface area contributed by atoms with Crippen molar-refractivity contribution in [3.63, 3.8) is 0 Å². The van der Waals surface area contributed by atoms with Crippen LogP contribution in [0.2, 0.25) is 0 Å². The van der Waals surface area contributed by atoms with Gasteiger partial charge in [-0.15, -0.1) is 0 Å². The van der Waals surface area contributed by atoms with Gasteiger partial charge in [-0.3, -0.25) is 4.90 Å². The van der Waals surface area contributed by atoms with Crippen LogP contribution in [0.3, 0.4) is 0 Å². The van der Waals surface area contributed by atoms with Crippen LogP contribution >= 0.6 is 0 Å². The predicted molar refractivity (Wildman–Crippen MR) is 118 cm³/mol. The molecule has 0 radical (unpaired) electrons. The second kappa shape index (κ2) is 10.4. The van der Waals surface area contributed by atoms with Crippen molar-refractivity contribution < 1.29 is 14.6 Å². The summed E-state index contributed by atoms with van der Waals surface area (Å²) in [6.07, 6.45) is -0.437. The first-order chi connectivity index (χ1) is 14.5. The van der Waals surface area contributed by atoms with Crippen molar-refractivity contribution in [3.05, 3.63) is 71.4 Å². The van der Waals surface area contributed by atoms with Crippen molar-refractivity contribution in [1.82, 2.24) is 14.7 Å². The van der Waals surface area contributed by atoms with Gasteiger partial charge in [-0.2, -0.15) is 5.10 Å². The van der Waals surface area contributed by atoms with E-state index in [2.05, 4.69) is 11.8 Å². The second-order valence-electron chi connectivity index (χ2n) is 7.61. The Kier molecular flexibility index (Phi) is 7.63. The van der Waals surface area contributed by atoms with Gasteiger partial charge in [-0.1, -0.05) is 35.9 Å². The van der Waals surface area contributed by atoms with Crippen LogP contribution in [0.1, 0.15) is 23.7 Å². The van der Waals surface area contributed by atoms with Gasteiger partial charge in [0.15, 0.2) is 0 Å². The number of aryl methyl sites for hydroxylation is 2. The molecule has 160 valence electrons. The van der Waals surface area contributed by atoms with Crippen molar-refractivity contribution in [2.75, 3.05) is 26.8 Å². The molecule has 0 saturated carbocycles. The molecule has 1 N–H and O–H groups in total. The maximum atomic E-state index is 9.95. The number of benzene rings is 2. The highest BCUT2D eigenvalue weighted by Crippen LogP contribution is 2.31. The predicted octanol–water partition coefficient (Wildman–Crippen LogP) is 4.11. The Hall–Kier alpha value is -2.67. The molecule has 0 fully saturated rings. The Morgan fingerprint density at radius 3 is 2.40 bits per heavy atom. The number of nitrogens with zero attached hydrogens (tertiary/aromatic N) is 3. The highest BCUT2D eigenvalue weighted by molar-refractivity contribution is 5.43. The van der Waals surface area contributed by atoms with E-state index in [0.717, 1.165) is 22.7 Å². The van der Waals surface area contributed by atoms with Crippen LogP contribution in [0, 0.1) is 13.8 Å². The van der Waals surface area contributed by atoms with Crippen molar-refractivity contribution in [1.29, 1.82) is 0 Å². The zero-order valence-corrected chi connectivity index (χ0v) is 18.2. The van der Waals surface area contributed by atoms with Crippen LogP contribution in [0.4, 0.5) is 0 Å². The first kappa shape index (κ1) is 22.0. The summed E-state index contributed by atoms with van der Waals surface area (Å²) in [5.74, 6) is 1.45. The Morgan fingerprint density at radius 2 is 1.77 bits per heavy atom. The Morgan fingerprint density at radius 1 is 1.07 bits per heavy atom. The molecule has 0 spiro atoms. The molecular weight excluding hydrogens is 378 g/mol. The van der Waals surface area contributed by atoms with E-state index < -0.39 is 6.10 Å². The standard InChI is InChI=1S/C24H31N3O3/c1-18-10-12-22(13-11-18)30-24-23(17-26(14-15-29-4)16-19(2)28)20(3)25-27(24)21-8-6-5-7-9-21/h5-13,19,28H,14-17H2,1-4H3. The van der Waals surface area contributed by atoms with E-state index in [1.165, 1.54) is 5.56 Å². The van der Waals surface area contributed by atoms with Crippen LogP contribution < -0.4 is 4.74 Å². The summed E-state index contributed by atoms with van der Waals surface area (Å²) in [5.41, 5.74) is 4.01. The molecule has 0 bridgehead atoms. The minimum Gasteiger partial charge on any atom is -0.439 e. The quantitative estimate of drug-likeness (QED) is 0.546. The summed E-state index contributed by atoms with van der Waals surface area (Å²) >= 11 is 0. The summed E-state index contributed by atoms with van der Waals surface area (Å²) in [6, 6.07) is 18.0. The number of methoxy groups -OCH3 is 1. The summed E-state index contributed by atoms with van der Waals surface area (Å²) < 4.78 is 13.5. The van der Waals surface area contributed by atoms with Crippen molar-refractivity contribution >= 4 is 0 Å². The lowest BCUT2D eigenvalue weighted by atomic mass is 10.2. The Balaban J connectivity index is 2.00. The molecule has 1 unspecified atom stereocenters. The average Bonchev–Trinajstić information content (AvgIpc) is 3.03. The largest absolute Gasteiger partial charge is 0.439 e. The SMILES string of the molecule is COCCN(Cc1c(C)nn(-c2ccccc2)c1Oc1ccc(C)cc1)CC(C)O. The maximum Gasteiger partial charge on any atom is 0.227 e. The van der Waals surface area contributed by atoms with Gasteiger partial charge < -0.3 is 14.6 Å². The minimum absolute atomic E-state index is 0.437. The van der Waals surface area contributed by atoms with Gasteiger partial charge in [0.2, 0.25) is 5.88 Å². The molecule has 0 saturated heterocycles. The molecule has 30 heavy (non-hydrogen) atoms. The van der Waals surface area contributed by atoms with Gasteiger partial charge in [0.05, 0.1) is 29.7 Å². The molecule has 0 aliphatic heterocycles. The third kappa shape index (κ3) is 5.69. The lowest BCUT2D eigenvalue weighted by Gasteiger charge is -2.23. The molecule has 3 aromatic rings. The van der Waals surface area contributed by atoms with E-state index in [9.17, 15) is 5.11 Å². The molecular formula is C24H31N3O3. The third-order valence-corrected chi connectivity index (χ3v) is 4.89. The molecule has 3 rings (SSSR count). The summed E-state index contributed by atoms with van der Waals surface area (Å²) in [7, 11) is 1.69. The smallest absolute Gasteiger partial charge is 0.227 e. The number of aliphatic hydroxyl groups excluding tert-OH is 1. The van der Waals surface area contributed by atoms with E-state index in [0.29, 0.717) is 32.1 Å². The minimum atomic E-state index is -0.437. The highest BCUT2D eigenvalue weighted by atomic mass is 16.5. The zero-order valence-electron chi connectivity index (χ0n) is 18.2. The topological polar surface area (TPSA) is 59.8 Å². The Labute approximate surface area is 178 Å². The van der Waals surface area contributed by atoms with E-state index in [4.69, 9.17) is 14.6 Å². The number of hydrogen-bond donors (Lipinski definition) is 1. The molecule has 0 amide bonds. The normalized spacial score (nSPS) is 12.3. The molecule has 1 aromatic heterocycles. The van der Waals surface area contributed by atoms with E-state index in [-0.39, 0.29) is 0 Å². The summed E-state index contributed by atoms with van der Waals surface area (Å²) in [4.78, 5) is 2.16. The van der Waals surface area contributed by atoms with Gasteiger partial charge in [0.25, 0.3) is 0 Å². The molecule has 0 aliphatic carbocycles. The number of hydrogen-bond acceptors (Lipinski definition) is 5. The zero-order chi connectivity index (χ0) is 21.5. The number of aliphatic hydroxyl groups is 1. The second-order valence-corrected chi connectivity index (χ2v) is 7.61. The molecule has 6 nitrogen and oxygen atoms in total. The molecule has 2 aromatic carbocycles. The fraction of sp³-hybridized carbons (Fsp3) is 0.375. The van der Waals surface area contributed by atoms with E-state index >= 15 is 0 Å². The number of aromatic nitrogens is 2. The van der Waals surface area contributed by atoms with Crippen LogP contribution in [0.15, 0.2) is 54.6 Å². The van der Waals surface area contributed by atoms with E-state index in [1.807, 2.05) is 66.2 Å². The van der Waals surface area contributed by atoms with E-state index in [1.54, 1.807) is 14.0 Å². The fourth-order valence-corrected chi connectivity index (χ4v) is 3.34. The Bertz CT molecular complexity index is 921. The number of rotatable bonds is 10. The van der Waals surface area contributed by atoms with Gasteiger partial charge in [-0.25, -0.2) is 4.68 Å². The molecule has 1 heterocycles.